The van der Waals surface area contributed by atoms with Gasteiger partial charge in [0.1, 0.15) is 11.6 Å². The Morgan fingerprint density at radius 2 is 1.82 bits per heavy atom. The number of sulfone groups is 1. The normalized spacial score (nSPS) is 11.8. The summed E-state index contributed by atoms with van der Waals surface area (Å²) in [6, 6.07) is 17.8. The van der Waals surface area contributed by atoms with E-state index in [1.165, 1.54) is 4.52 Å². The molecule has 172 valence electrons. The number of halogens is 1. The molecule has 0 unspecified atom stereocenters. The van der Waals surface area contributed by atoms with E-state index in [1.54, 1.807) is 44.4 Å². The molecule has 2 heterocycles. The summed E-state index contributed by atoms with van der Waals surface area (Å²) in [7, 11) is -2.43. The number of hydrogen-bond donors (Lipinski definition) is 1. The maximum Gasteiger partial charge on any atom is 0.229 e. The largest absolute Gasteiger partial charge is 0.495 e. The molecule has 5 aromatic rings. The minimum Gasteiger partial charge on any atom is -0.495 e. The Hall–Kier alpha value is -3.69. The van der Waals surface area contributed by atoms with Crippen molar-refractivity contribution in [1.29, 1.82) is 0 Å². The van der Waals surface area contributed by atoms with Gasteiger partial charge in [0.05, 0.1) is 23.2 Å². The lowest BCUT2D eigenvalue weighted by molar-refractivity contribution is 0.417. The lowest BCUT2D eigenvalue weighted by Gasteiger charge is -2.13. The van der Waals surface area contributed by atoms with Gasteiger partial charge < -0.3 is 10.1 Å². The van der Waals surface area contributed by atoms with Crippen molar-refractivity contribution in [2.45, 2.75) is 23.8 Å². The minimum atomic E-state index is -3.98. The quantitative estimate of drug-likeness (QED) is 0.362. The van der Waals surface area contributed by atoms with E-state index >= 15 is 0 Å². The molecule has 5 rings (SSSR count). The van der Waals surface area contributed by atoms with Gasteiger partial charge in [0.25, 0.3) is 0 Å². The zero-order valence-electron chi connectivity index (χ0n) is 18.6. The van der Waals surface area contributed by atoms with E-state index in [1.807, 2.05) is 37.3 Å². The maximum atomic E-state index is 13.6. The molecule has 0 atom stereocenters. The van der Waals surface area contributed by atoms with Crippen molar-refractivity contribution < 1.29 is 13.2 Å². The first-order valence-corrected chi connectivity index (χ1v) is 12.2. The summed E-state index contributed by atoms with van der Waals surface area (Å²) in [5.41, 5.74) is 2.79. The molecule has 34 heavy (non-hydrogen) atoms. The zero-order valence-corrected chi connectivity index (χ0v) is 20.1. The van der Waals surface area contributed by atoms with Crippen molar-refractivity contribution >= 4 is 49.5 Å². The number of hydrogen-bond acceptors (Lipinski definition) is 7. The Morgan fingerprint density at radius 3 is 2.62 bits per heavy atom. The number of anilines is 2. The molecule has 0 fully saturated rings. The summed E-state index contributed by atoms with van der Waals surface area (Å²) in [6.45, 7) is 3.59. The summed E-state index contributed by atoms with van der Waals surface area (Å²) in [4.78, 5) is 4.83. The standard InChI is InChI=1S/C24H20ClN5O3S/c1-14-8-9-15(2)21(12-14)34(31,32)24-23-27-22(26-18-13-16(25)10-11-20(18)33-3)17-6-4-5-7-19(17)30(23)29-28-24/h4-13H,1-3H3,(H,26,27). The highest BCUT2D eigenvalue weighted by molar-refractivity contribution is 7.91. The smallest absolute Gasteiger partial charge is 0.229 e. The summed E-state index contributed by atoms with van der Waals surface area (Å²) >= 11 is 6.20. The molecule has 0 bridgehead atoms. The maximum absolute atomic E-state index is 13.6. The van der Waals surface area contributed by atoms with Crippen LogP contribution in [0.1, 0.15) is 11.1 Å². The number of fused-ring (bicyclic) bond motifs is 3. The predicted octanol–water partition coefficient (Wildman–Crippen LogP) is 5.13. The van der Waals surface area contributed by atoms with Gasteiger partial charge in [-0.15, -0.1) is 5.10 Å². The fourth-order valence-corrected chi connectivity index (χ4v) is 5.55. The molecule has 2 aromatic heterocycles. The monoisotopic (exact) mass is 493 g/mol. The molecule has 8 nitrogen and oxygen atoms in total. The van der Waals surface area contributed by atoms with E-state index in [0.717, 1.165) is 10.9 Å². The number of aryl methyl sites for hydroxylation is 2. The van der Waals surface area contributed by atoms with Crippen LogP contribution >= 0.6 is 11.6 Å². The topological polar surface area (TPSA) is 98.5 Å². The third kappa shape index (κ3) is 3.63. The van der Waals surface area contributed by atoms with Crippen molar-refractivity contribution in [3.8, 4) is 5.75 Å². The van der Waals surface area contributed by atoms with Gasteiger partial charge in [0.2, 0.25) is 14.9 Å². The van der Waals surface area contributed by atoms with Gasteiger partial charge >= 0.3 is 0 Å². The highest BCUT2D eigenvalue weighted by Gasteiger charge is 2.28. The number of aromatic nitrogens is 4. The number of ether oxygens (including phenoxy) is 1. The van der Waals surface area contributed by atoms with E-state index in [0.29, 0.717) is 33.4 Å². The number of methoxy groups -OCH3 is 1. The molecule has 0 radical (unpaired) electrons. The average molecular weight is 494 g/mol. The summed E-state index contributed by atoms with van der Waals surface area (Å²) in [6.07, 6.45) is 0. The Labute approximate surface area is 201 Å². The molecule has 0 saturated carbocycles. The molecule has 0 spiro atoms. The van der Waals surface area contributed by atoms with Crippen LogP contribution in [0.15, 0.2) is 70.6 Å². The van der Waals surface area contributed by atoms with Crippen LogP contribution < -0.4 is 10.1 Å². The van der Waals surface area contributed by atoms with Gasteiger partial charge in [0.15, 0.2) is 5.65 Å². The van der Waals surface area contributed by atoms with Crippen molar-refractivity contribution in [3.05, 3.63) is 76.8 Å². The second kappa shape index (κ2) is 8.27. The van der Waals surface area contributed by atoms with E-state index in [4.69, 9.17) is 16.3 Å². The Bertz CT molecular complexity index is 1680. The number of nitrogens with zero attached hydrogens (tertiary/aromatic N) is 4. The minimum absolute atomic E-state index is 0.114. The Morgan fingerprint density at radius 1 is 1.03 bits per heavy atom. The lowest BCUT2D eigenvalue weighted by Crippen LogP contribution is -2.07. The van der Waals surface area contributed by atoms with Crippen LogP contribution in [0.2, 0.25) is 5.02 Å². The lowest BCUT2D eigenvalue weighted by atomic mass is 10.2. The number of benzene rings is 3. The molecular formula is C24H20ClN5O3S. The van der Waals surface area contributed by atoms with Gasteiger partial charge in [0, 0.05) is 10.4 Å². The van der Waals surface area contributed by atoms with Gasteiger partial charge in [-0.05, 0) is 61.4 Å². The van der Waals surface area contributed by atoms with Gasteiger partial charge in [-0.25, -0.2) is 13.4 Å². The van der Waals surface area contributed by atoms with Gasteiger partial charge in [-0.2, -0.15) is 4.52 Å². The van der Waals surface area contributed by atoms with Crippen LogP contribution in [0.25, 0.3) is 16.6 Å². The SMILES string of the molecule is COc1ccc(Cl)cc1Nc1nc2c(S(=O)(=O)c3cc(C)ccc3C)nnn2c2ccccc12. The van der Waals surface area contributed by atoms with Crippen molar-refractivity contribution in [2.75, 3.05) is 12.4 Å². The van der Waals surface area contributed by atoms with Crippen LogP contribution in [0, 0.1) is 13.8 Å². The molecule has 0 aliphatic carbocycles. The second-order valence-corrected chi connectivity index (χ2v) is 10.1. The number of rotatable bonds is 5. The highest BCUT2D eigenvalue weighted by atomic mass is 35.5. The number of para-hydroxylation sites is 1. The highest BCUT2D eigenvalue weighted by Crippen LogP contribution is 2.34. The second-order valence-electron chi connectivity index (χ2n) is 7.85. The third-order valence-electron chi connectivity index (χ3n) is 5.52. The first-order valence-electron chi connectivity index (χ1n) is 10.4. The molecule has 0 aliphatic heterocycles. The fraction of sp³-hybridized carbons (Fsp3) is 0.125. The first-order chi connectivity index (χ1) is 16.3. The summed E-state index contributed by atoms with van der Waals surface area (Å²) in [5, 5.41) is 12.4. The van der Waals surface area contributed by atoms with Crippen LogP contribution in [0.4, 0.5) is 11.5 Å². The Kier molecular flexibility index (Phi) is 5.38. The summed E-state index contributed by atoms with van der Waals surface area (Å²) < 4.78 is 34.1. The van der Waals surface area contributed by atoms with Crippen molar-refractivity contribution in [3.63, 3.8) is 0 Å². The first kappa shape index (κ1) is 22.1. The third-order valence-corrected chi connectivity index (χ3v) is 7.55. The van der Waals surface area contributed by atoms with Gasteiger partial charge in [-0.1, -0.05) is 41.1 Å². The average Bonchev–Trinajstić information content (AvgIpc) is 3.26. The predicted molar refractivity (Wildman–Crippen MR) is 131 cm³/mol. The van der Waals surface area contributed by atoms with Crippen molar-refractivity contribution in [2.24, 2.45) is 0 Å². The fourth-order valence-electron chi connectivity index (χ4n) is 3.82. The van der Waals surface area contributed by atoms with E-state index in [9.17, 15) is 8.42 Å². The van der Waals surface area contributed by atoms with E-state index in [2.05, 4.69) is 20.6 Å². The molecule has 0 saturated heterocycles. The molecular weight excluding hydrogens is 474 g/mol. The Balaban J connectivity index is 1.76. The molecule has 0 amide bonds. The summed E-state index contributed by atoms with van der Waals surface area (Å²) in [5.74, 6) is 0.980. The van der Waals surface area contributed by atoms with Crippen LogP contribution in [-0.2, 0) is 9.84 Å². The molecule has 1 N–H and O–H groups in total. The molecule has 0 aliphatic rings. The van der Waals surface area contributed by atoms with Crippen molar-refractivity contribution in [1.82, 2.24) is 19.8 Å². The number of nitrogens with one attached hydrogen (secondary N) is 1. The van der Waals surface area contributed by atoms with E-state index in [-0.39, 0.29) is 15.6 Å². The van der Waals surface area contributed by atoms with E-state index < -0.39 is 9.84 Å². The van der Waals surface area contributed by atoms with Gasteiger partial charge in [-0.3, -0.25) is 0 Å². The molecule has 10 heteroatoms. The van der Waals surface area contributed by atoms with Crippen LogP contribution in [0.3, 0.4) is 0 Å². The van der Waals surface area contributed by atoms with Crippen LogP contribution in [-0.4, -0.2) is 35.3 Å². The van der Waals surface area contributed by atoms with Crippen LogP contribution in [0.5, 0.6) is 5.75 Å². The zero-order chi connectivity index (χ0) is 24.0. The molecule has 3 aromatic carbocycles.